The summed E-state index contributed by atoms with van der Waals surface area (Å²) in [6, 6.07) is 0. The van der Waals surface area contributed by atoms with E-state index in [-0.39, 0.29) is 6.42 Å². The van der Waals surface area contributed by atoms with Crippen LogP contribution in [0.1, 0.15) is 71.1 Å². The molecule has 5 atom stereocenters. The highest BCUT2D eigenvalue weighted by atomic mass is 16.7. The zero-order valence-corrected chi connectivity index (χ0v) is 18.6. The molecule has 0 unspecified atom stereocenters. The Kier molecular flexibility index (Phi) is 15.2. The first-order valence-corrected chi connectivity index (χ1v) is 11.5. The van der Waals surface area contributed by atoms with Crippen molar-refractivity contribution in [3.05, 3.63) is 36.5 Å². The van der Waals surface area contributed by atoms with Gasteiger partial charge >= 0.3 is 5.97 Å². The number of carbonyl (C=O) groups excluding carboxylic acids is 1. The van der Waals surface area contributed by atoms with Crippen molar-refractivity contribution in [2.24, 2.45) is 0 Å². The Labute approximate surface area is 186 Å². The van der Waals surface area contributed by atoms with Gasteiger partial charge < -0.3 is 29.9 Å². The van der Waals surface area contributed by atoms with E-state index >= 15 is 0 Å². The number of hydrogen-bond donors (Lipinski definition) is 4. The molecule has 7 nitrogen and oxygen atoms in total. The van der Waals surface area contributed by atoms with E-state index in [1.807, 2.05) is 0 Å². The monoisotopic (exact) mass is 440 g/mol. The van der Waals surface area contributed by atoms with Crippen LogP contribution in [-0.4, -0.2) is 63.7 Å². The first kappa shape index (κ1) is 27.5. The molecule has 0 aromatic carbocycles. The molecule has 0 bridgehead atoms. The Morgan fingerprint density at radius 3 is 2.13 bits per heavy atom. The second-order valence-electron chi connectivity index (χ2n) is 7.79. The van der Waals surface area contributed by atoms with Gasteiger partial charge in [-0.2, -0.15) is 0 Å². The summed E-state index contributed by atoms with van der Waals surface area (Å²) in [6.07, 6.45) is 15.2. The van der Waals surface area contributed by atoms with Crippen molar-refractivity contribution in [1.29, 1.82) is 0 Å². The summed E-state index contributed by atoms with van der Waals surface area (Å²) in [6.45, 7) is 1.58. The Balaban J connectivity index is 2.04. The van der Waals surface area contributed by atoms with E-state index in [0.29, 0.717) is 6.42 Å². The fourth-order valence-corrected chi connectivity index (χ4v) is 3.24. The van der Waals surface area contributed by atoms with E-state index in [2.05, 4.69) is 43.4 Å². The molecule has 4 N–H and O–H groups in total. The van der Waals surface area contributed by atoms with Crippen LogP contribution in [-0.2, 0) is 14.3 Å². The number of allylic oxidation sites excluding steroid dienone is 6. The van der Waals surface area contributed by atoms with Gasteiger partial charge in [0.25, 0.3) is 0 Å². The zero-order chi connectivity index (χ0) is 22.9. The number of carbonyl (C=O) groups is 1. The maximum atomic E-state index is 11.9. The third kappa shape index (κ3) is 11.6. The second kappa shape index (κ2) is 17.1. The molecular formula is C24H40O7. The number of hydrogen-bond acceptors (Lipinski definition) is 7. The molecule has 1 heterocycles. The van der Waals surface area contributed by atoms with Crippen molar-refractivity contribution in [3.63, 3.8) is 0 Å². The van der Waals surface area contributed by atoms with Crippen molar-refractivity contribution < 1.29 is 34.7 Å². The van der Waals surface area contributed by atoms with Crippen LogP contribution in [0.4, 0.5) is 0 Å². The summed E-state index contributed by atoms with van der Waals surface area (Å²) in [7, 11) is 0. The maximum absolute atomic E-state index is 11.9. The highest BCUT2D eigenvalue weighted by Gasteiger charge is 2.45. The quantitative estimate of drug-likeness (QED) is 0.176. The molecule has 1 aliphatic rings. The number of rotatable bonds is 15. The molecule has 0 amide bonds. The molecule has 31 heavy (non-hydrogen) atoms. The number of unbranched alkanes of at least 4 members (excludes halogenated alkanes) is 5. The molecule has 0 spiro atoms. The number of ether oxygens (including phenoxy) is 2. The normalized spacial score (nSPS) is 26.9. The standard InChI is InChI=1S/C24H40O7/c1-2-3-4-5-6-7-8-9-10-11-12-13-14-15-16-17-20(26)31-24-23(29)22(28)21(27)19(18-25)30-24/h3-4,6-7,9-10,19,21-25,27-29H,2,5,8,11-18H2,1H3/t19-,21-,22+,23-,24-/m1/s1. The largest absolute Gasteiger partial charge is 0.433 e. The predicted molar refractivity (Wildman–Crippen MR) is 119 cm³/mol. The lowest BCUT2D eigenvalue weighted by Crippen LogP contribution is -2.59. The fourth-order valence-electron chi connectivity index (χ4n) is 3.24. The Morgan fingerprint density at radius 1 is 0.839 bits per heavy atom. The van der Waals surface area contributed by atoms with Gasteiger partial charge in [-0.15, -0.1) is 0 Å². The average molecular weight is 441 g/mol. The van der Waals surface area contributed by atoms with Gasteiger partial charge in [0.2, 0.25) is 6.29 Å². The van der Waals surface area contributed by atoms with Crippen LogP contribution >= 0.6 is 0 Å². The fraction of sp³-hybridized carbons (Fsp3) is 0.708. The number of esters is 1. The summed E-state index contributed by atoms with van der Waals surface area (Å²) < 4.78 is 10.2. The zero-order valence-electron chi connectivity index (χ0n) is 18.6. The molecular weight excluding hydrogens is 400 g/mol. The van der Waals surface area contributed by atoms with Crippen molar-refractivity contribution in [1.82, 2.24) is 0 Å². The van der Waals surface area contributed by atoms with Gasteiger partial charge in [0.05, 0.1) is 6.61 Å². The summed E-state index contributed by atoms with van der Waals surface area (Å²) in [4.78, 5) is 11.9. The summed E-state index contributed by atoms with van der Waals surface area (Å²) in [5.74, 6) is -0.537. The van der Waals surface area contributed by atoms with Crippen LogP contribution in [0.3, 0.4) is 0 Å². The Bertz CT molecular complexity index is 556. The average Bonchev–Trinajstić information content (AvgIpc) is 2.76. The van der Waals surface area contributed by atoms with Gasteiger partial charge in [-0.1, -0.05) is 62.6 Å². The smallest absolute Gasteiger partial charge is 0.308 e. The number of aliphatic hydroxyl groups excluding tert-OH is 4. The highest BCUT2D eigenvalue weighted by molar-refractivity contribution is 5.69. The lowest BCUT2D eigenvalue weighted by atomic mass is 9.99. The molecule has 7 heteroatoms. The molecule has 1 fully saturated rings. The van der Waals surface area contributed by atoms with Crippen LogP contribution in [0.2, 0.25) is 0 Å². The Hall–Kier alpha value is -1.51. The van der Waals surface area contributed by atoms with Gasteiger partial charge in [-0.25, -0.2) is 0 Å². The van der Waals surface area contributed by atoms with Gasteiger partial charge in [-0.3, -0.25) is 4.79 Å². The predicted octanol–water partition coefficient (Wildman–Crippen LogP) is 2.92. The summed E-state index contributed by atoms with van der Waals surface area (Å²) in [5, 5.41) is 38.4. The minimum atomic E-state index is -1.55. The van der Waals surface area contributed by atoms with E-state index < -0.39 is 43.3 Å². The van der Waals surface area contributed by atoms with Crippen LogP contribution < -0.4 is 0 Å². The molecule has 178 valence electrons. The molecule has 0 aliphatic carbocycles. The van der Waals surface area contributed by atoms with Crippen molar-refractivity contribution in [2.75, 3.05) is 6.61 Å². The van der Waals surface area contributed by atoms with E-state index in [1.165, 1.54) is 0 Å². The van der Waals surface area contributed by atoms with Crippen LogP contribution in [0.25, 0.3) is 0 Å². The third-order valence-electron chi connectivity index (χ3n) is 5.13. The van der Waals surface area contributed by atoms with Gasteiger partial charge in [0.1, 0.15) is 24.4 Å². The molecule has 1 aliphatic heterocycles. The van der Waals surface area contributed by atoms with E-state index in [0.717, 1.165) is 51.4 Å². The number of aliphatic hydroxyl groups is 4. The van der Waals surface area contributed by atoms with Gasteiger partial charge in [-0.05, 0) is 38.5 Å². The van der Waals surface area contributed by atoms with Crippen molar-refractivity contribution in [2.45, 2.75) is 102 Å². The minimum Gasteiger partial charge on any atom is -0.433 e. The molecule has 0 saturated carbocycles. The topological polar surface area (TPSA) is 116 Å². The lowest BCUT2D eigenvalue weighted by Gasteiger charge is -2.39. The molecule has 1 saturated heterocycles. The molecule has 0 radical (unpaired) electrons. The summed E-state index contributed by atoms with van der Waals surface area (Å²) in [5.41, 5.74) is 0. The van der Waals surface area contributed by atoms with Crippen LogP contribution in [0, 0.1) is 0 Å². The van der Waals surface area contributed by atoms with Crippen LogP contribution in [0.15, 0.2) is 36.5 Å². The second-order valence-corrected chi connectivity index (χ2v) is 7.79. The third-order valence-corrected chi connectivity index (χ3v) is 5.13. The SMILES string of the molecule is CCC=CCC=CCC=CCCCCCCCC(=O)O[C@H]1O[C@H](CO)[C@@H](O)[C@H](O)[C@H]1O. The van der Waals surface area contributed by atoms with Gasteiger partial charge in [0.15, 0.2) is 0 Å². The highest BCUT2D eigenvalue weighted by Crippen LogP contribution is 2.22. The van der Waals surface area contributed by atoms with Crippen LogP contribution in [0.5, 0.6) is 0 Å². The maximum Gasteiger partial charge on any atom is 0.308 e. The van der Waals surface area contributed by atoms with Crippen molar-refractivity contribution in [3.8, 4) is 0 Å². The summed E-state index contributed by atoms with van der Waals surface area (Å²) >= 11 is 0. The minimum absolute atomic E-state index is 0.189. The van der Waals surface area contributed by atoms with E-state index in [4.69, 9.17) is 14.6 Å². The van der Waals surface area contributed by atoms with E-state index in [9.17, 15) is 20.1 Å². The Morgan fingerprint density at radius 2 is 1.45 bits per heavy atom. The molecule has 0 aromatic rings. The lowest BCUT2D eigenvalue weighted by molar-refractivity contribution is -0.292. The first-order valence-electron chi connectivity index (χ1n) is 11.5. The first-order chi connectivity index (χ1) is 15.0. The van der Waals surface area contributed by atoms with Gasteiger partial charge in [0, 0.05) is 6.42 Å². The molecule has 1 rings (SSSR count). The molecule has 0 aromatic heterocycles. The van der Waals surface area contributed by atoms with E-state index in [1.54, 1.807) is 0 Å². The van der Waals surface area contributed by atoms with Crippen molar-refractivity contribution >= 4 is 5.97 Å².